The minimum atomic E-state index is -4.24. The number of rotatable bonds is 5. The van der Waals surface area contributed by atoms with Gasteiger partial charge in [-0.2, -0.15) is 13.2 Å². The van der Waals surface area contributed by atoms with Gasteiger partial charge in [0, 0.05) is 12.6 Å². The highest BCUT2D eigenvalue weighted by Crippen LogP contribution is 2.32. The summed E-state index contributed by atoms with van der Waals surface area (Å²) in [5.41, 5.74) is 1.06. The number of hydrogen-bond donors (Lipinski definition) is 2. The molecule has 100 valence electrons. The van der Waals surface area contributed by atoms with Crippen molar-refractivity contribution in [3.8, 4) is 0 Å². The predicted molar refractivity (Wildman–Crippen MR) is 56.8 cm³/mol. The van der Waals surface area contributed by atoms with E-state index in [0.717, 1.165) is 12.8 Å². The lowest BCUT2D eigenvalue weighted by molar-refractivity contribution is -0.153. The topological polar surface area (TPSA) is 58.4 Å². The summed E-state index contributed by atoms with van der Waals surface area (Å²) in [4.78, 5) is 12.7. The number of hydrazine groups is 1. The largest absolute Gasteiger partial charge is 0.401 e. The van der Waals surface area contributed by atoms with Gasteiger partial charge in [-0.3, -0.25) is 15.1 Å². The van der Waals surface area contributed by atoms with Crippen LogP contribution >= 0.6 is 0 Å². The van der Waals surface area contributed by atoms with Crippen LogP contribution in [0.2, 0.25) is 0 Å². The number of carbonyl (C=O) groups excluding carboxylic acids is 1. The Kier molecular flexibility index (Phi) is 4.03. The Morgan fingerprint density at radius 3 is 2.24 bits per heavy atom. The zero-order chi connectivity index (χ0) is 13.3. The normalized spacial score (nSPS) is 17.4. The lowest BCUT2D eigenvalue weighted by Crippen LogP contribution is -2.49. The summed E-state index contributed by atoms with van der Waals surface area (Å²) in [5, 5.41) is 0. The van der Waals surface area contributed by atoms with Crippen LogP contribution in [0.4, 0.5) is 13.2 Å². The van der Waals surface area contributed by atoms with Crippen LogP contribution in [0.5, 0.6) is 0 Å². The second-order valence-electron chi connectivity index (χ2n) is 5.11. The van der Waals surface area contributed by atoms with Crippen LogP contribution in [0, 0.1) is 5.41 Å². The molecule has 3 N–H and O–H groups in total. The van der Waals surface area contributed by atoms with Crippen molar-refractivity contribution in [3.63, 3.8) is 0 Å². The van der Waals surface area contributed by atoms with Crippen LogP contribution in [0.15, 0.2) is 0 Å². The maximum absolute atomic E-state index is 12.4. The molecule has 1 saturated carbocycles. The van der Waals surface area contributed by atoms with Gasteiger partial charge in [-0.1, -0.05) is 0 Å². The van der Waals surface area contributed by atoms with Crippen molar-refractivity contribution < 1.29 is 18.0 Å². The molecule has 0 aromatic heterocycles. The van der Waals surface area contributed by atoms with Crippen molar-refractivity contribution in [2.45, 2.75) is 38.9 Å². The molecule has 0 bridgehead atoms. The molecule has 0 aliphatic heterocycles. The third-order valence-electron chi connectivity index (χ3n) is 2.79. The molecular weight excluding hydrogens is 235 g/mol. The van der Waals surface area contributed by atoms with E-state index in [2.05, 4.69) is 0 Å². The molecule has 1 rings (SSSR count). The molecule has 0 spiro atoms. The molecule has 17 heavy (non-hydrogen) atoms. The van der Waals surface area contributed by atoms with E-state index in [1.165, 1.54) is 4.90 Å². The number of halogens is 3. The van der Waals surface area contributed by atoms with Gasteiger partial charge < -0.3 is 0 Å². The van der Waals surface area contributed by atoms with Crippen LogP contribution in [-0.2, 0) is 4.79 Å². The number of hydrogen-bond acceptors (Lipinski definition) is 3. The van der Waals surface area contributed by atoms with Gasteiger partial charge in [0.25, 0.3) is 0 Å². The van der Waals surface area contributed by atoms with E-state index in [1.807, 2.05) is 5.43 Å². The second-order valence-corrected chi connectivity index (χ2v) is 5.11. The number of carbonyl (C=O) groups is 1. The number of alkyl halides is 3. The zero-order valence-corrected chi connectivity index (χ0v) is 9.97. The van der Waals surface area contributed by atoms with Gasteiger partial charge >= 0.3 is 6.18 Å². The fourth-order valence-corrected chi connectivity index (χ4v) is 1.76. The predicted octanol–water partition coefficient (Wildman–Crippen LogP) is 1.03. The Balaban J connectivity index is 2.63. The fraction of sp³-hybridized carbons (Fsp3) is 0.900. The first kappa shape index (κ1) is 14.2. The zero-order valence-electron chi connectivity index (χ0n) is 9.97. The van der Waals surface area contributed by atoms with E-state index in [0.29, 0.717) is 0 Å². The van der Waals surface area contributed by atoms with E-state index in [-0.39, 0.29) is 12.6 Å². The summed E-state index contributed by atoms with van der Waals surface area (Å²) in [6.07, 6.45) is -2.72. The van der Waals surface area contributed by atoms with Crippen LogP contribution in [0.3, 0.4) is 0 Å². The Hall–Kier alpha value is -0.820. The van der Waals surface area contributed by atoms with Gasteiger partial charge in [0.15, 0.2) is 0 Å². The highest BCUT2D eigenvalue weighted by atomic mass is 19.4. The summed E-state index contributed by atoms with van der Waals surface area (Å²) >= 11 is 0. The molecule has 0 aromatic carbocycles. The molecule has 0 atom stereocenters. The fourth-order valence-electron chi connectivity index (χ4n) is 1.76. The average Bonchev–Trinajstić information content (AvgIpc) is 2.95. The molecule has 4 nitrogen and oxygen atoms in total. The molecule has 0 radical (unpaired) electrons. The van der Waals surface area contributed by atoms with Crippen LogP contribution < -0.4 is 11.3 Å². The van der Waals surface area contributed by atoms with Crippen molar-refractivity contribution in [2.75, 3.05) is 13.1 Å². The average molecular weight is 253 g/mol. The van der Waals surface area contributed by atoms with E-state index in [4.69, 9.17) is 5.84 Å². The molecule has 1 aliphatic rings. The van der Waals surface area contributed by atoms with E-state index >= 15 is 0 Å². The first-order chi connectivity index (χ1) is 7.65. The molecule has 0 saturated heterocycles. The maximum Gasteiger partial charge on any atom is 0.401 e. The highest BCUT2D eigenvalue weighted by molar-refractivity contribution is 5.81. The molecule has 1 aliphatic carbocycles. The molecule has 0 unspecified atom stereocenters. The Morgan fingerprint density at radius 2 is 1.88 bits per heavy atom. The summed E-state index contributed by atoms with van der Waals surface area (Å²) in [7, 11) is 0. The number of nitrogens with zero attached hydrogens (tertiary/aromatic N) is 1. The van der Waals surface area contributed by atoms with Crippen molar-refractivity contribution in [1.82, 2.24) is 10.3 Å². The summed E-state index contributed by atoms with van der Waals surface area (Å²) in [5.74, 6) is 4.56. The minimum Gasteiger partial charge on any atom is -0.294 e. The monoisotopic (exact) mass is 253 g/mol. The third kappa shape index (κ3) is 4.51. The SMILES string of the molecule is CC(C)(CN(CC(F)(F)F)C1CC1)C(=O)NN. The summed E-state index contributed by atoms with van der Waals surface area (Å²) < 4.78 is 37.2. The number of amides is 1. The van der Waals surface area contributed by atoms with E-state index in [1.54, 1.807) is 13.8 Å². The van der Waals surface area contributed by atoms with Gasteiger partial charge in [0.2, 0.25) is 5.91 Å². The smallest absolute Gasteiger partial charge is 0.294 e. The molecular formula is C10H18F3N3O. The Labute approximate surface area is 98.3 Å². The van der Waals surface area contributed by atoms with Crippen LogP contribution in [-0.4, -0.2) is 36.1 Å². The van der Waals surface area contributed by atoms with Crippen molar-refractivity contribution in [2.24, 2.45) is 11.3 Å². The summed E-state index contributed by atoms with van der Waals surface area (Å²) in [6.45, 7) is 2.25. The van der Waals surface area contributed by atoms with Gasteiger partial charge in [0.05, 0.1) is 12.0 Å². The maximum atomic E-state index is 12.4. The van der Waals surface area contributed by atoms with Gasteiger partial charge in [-0.25, -0.2) is 5.84 Å². The lowest BCUT2D eigenvalue weighted by atomic mass is 9.91. The molecule has 1 amide bonds. The van der Waals surface area contributed by atoms with Crippen molar-refractivity contribution in [1.29, 1.82) is 0 Å². The molecule has 1 fully saturated rings. The second kappa shape index (κ2) is 4.81. The minimum absolute atomic E-state index is 0.0542. The third-order valence-corrected chi connectivity index (χ3v) is 2.79. The molecule has 0 heterocycles. The van der Waals surface area contributed by atoms with Crippen LogP contribution in [0.25, 0.3) is 0 Å². The first-order valence-corrected chi connectivity index (χ1v) is 5.47. The standard InChI is InChI=1S/C10H18F3N3O/c1-9(2,8(17)15-14)5-16(7-3-4-7)6-10(11,12)13/h7H,3-6,14H2,1-2H3,(H,15,17). The van der Waals surface area contributed by atoms with Gasteiger partial charge in [0.1, 0.15) is 0 Å². The van der Waals surface area contributed by atoms with Crippen molar-refractivity contribution >= 4 is 5.91 Å². The van der Waals surface area contributed by atoms with Gasteiger partial charge in [-0.05, 0) is 26.7 Å². The quantitative estimate of drug-likeness (QED) is 0.437. The first-order valence-electron chi connectivity index (χ1n) is 5.47. The molecule has 7 heteroatoms. The van der Waals surface area contributed by atoms with Crippen LogP contribution in [0.1, 0.15) is 26.7 Å². The number of nitrogens with two attached hydrogens (primary N) is 1. The van der Waals surface area contributed by atoms with Gasteiger partial charge in [-0.15, -0.1) is 0 Å². The summed E-state index contributed by atoms with van der Waals surface area (Å²) in [6, 6.07) is -0.0542. The lowest BCUT2D eigenvalue weighted by Gasteiger charge is -2.31. The highest BCUT2D eigenvalue weighted by Gasteiger charge is 2.41. The van der Waals surface area contributed by atoms with E-state index in [9.17, 15) is 18.0 Å². The molecule has 0 aromatic rings. The van der Waals surface area contributed by atoms with Crippen molar-refractivity contribution in [3.05, 3.63) is 0 Å². The Bertz CT molecular complexity index is 287. The van der Waals surface area contributed by atoms with E-state index < -0.39 is 24.0 Å². The number of nitrogens with one attached hydrogen (secondary N) is 1. The Morgan fingerprint density at radius 1 is 1.35 bits per heavy atom.